The predicted octanol–water partition coefficient (Wildman–Crippen LogP) is 6.94. The lowest BCUT2D eigenvalue weighted by Gasteiger charge is -2.12. The summed E-state index contributed by atoms with van der Waals surface area (Å²) in [7, 11) is 1.48. The van der Waals surface area contributed by atoms with E-state index in [2.05, 4.69) is 5.32 Å². The van der Waals surface area contributed by atoms with Gasteiger partial charge in [-0.2, -0.15) is 0 Å². The van der Waals surface area contributed by atoms with Crippen LogP contribution in [0, 0.1) is 0 Å². The standard InChI is InChI=1S/C32H25ClN2O5/c1-38-30-16-13-23(33)17-29(30)35-31(36)20-40-32(37)26-18-28(34-27-10-6-5-9-25(26)27)22-11-14-24(15-12-22)39-19-21-7-3-2-4-8-21/h2-18H,19-20H2,1H3,(H,35,36). The van der Waals surface area contributed by atoms with Crippen molar-refractivity contribution in [1.82, 2.24) is 4.98 Å². The van der Waals surface area contributed by atoms with Crippen LogP contribution in [0.15, 0.2) is 103 Å². The van der Waals surface area contributed by atoms with Gasteiger partial charge in [0.25, 0.3) is 5.91 Å². The molecular formula is C32H25ClN2O5. The van der Waals surface area contributed by atoms with E-state index in [0.29, 0.717) is 45.2 Å². The monoisotopic (exact) mass is 552 g/mol. The number of nitrogens with one attached hydrogen (secondary N) is 1. The second kappa shape index (κ2) is 12.3. The zero-order valence-corrected chi connectivity index (χ0v) is 22.4. The smallest absolute Gasteiger partial charge is 0.339 e. The molecule has 0 fully saturated rings. The van der Waals surface area contributed by atoms with Crippen molar-refractivity contribution in [2.24, 2.45) is 0 Å². The Hall–Kier alpha value is -4.88. The summed E-state index contributed by atoms with van der Waals surface area (Å²) in [5, 5.41) is 3.71. The minimum absolute atomic E-state index is 0.304. The number of hydrogen-bond acceptors (Lipinski definition) is 6. The second-order valence-electron chi connectivity index (χ2n) is 8.84. The molecule has 1 aromatic heterocycles. The normalized spacial score (nSPS) is 10.7. The highest BCUT2D eigenvalue weighted by Crippen LogP contribution is 2.29. The van der Waals surface area contributed by atoms with Crippen molar-refractivity contribution in [2.45, 2.75) is 6.61 Å². The summed E-state index contributed by atoms with van der Waals surface area (Å²) >= 11 is 6.03. The number of methoxy groups -OCH3 is 1. The number of esters is 1. The van der Waals surface area contributed by atoms with Crippen LogP contribution in [-0.2, 0) is 16.1 Å². The van der Waals surface area contributed by atoms with Crippen LogP contribution < -0.4 is 14.8 Å². The van der Waals surface area contributed by atoms with Gasteiger partial charge in [0.15, 0.2) is 6.61 Å². The molecule has 5 aromatic rings. The fourth-order valence-electron chi connectivity index (χ4n) is 4.13. The van der Waals surface area contributed by atoms with Crippen LogP contribution in [0.25, 0.3) is 22.2 Å². The van der Waals surface area contributed by atoms with Crippen molar-refractivity contribution >= 4 is 40.1 Å². The highest BCUT2D eigenvalue weighted by molar-refractivity contribution is 6.31. The molecule has 0 bridgehead atoms. The number of rotatable bonds is 9. The number of carbonyl (C=O) groups is 2. The number of hydrogen-bond donors (Lipinski definition) is 1. The van der Waals surface area contributed by atoms with Crippen LogP contribution >= 0.6 is 11.6 Å². The van der Waals surface area contributed by atoms with Crippen LogP contribution in [0.2, 0.25) is 5.02 Å². The van der Waals surface area contributed by atoms with Crippen molar-refractivity contribution in [3.63, 3.8) is 0 Å². The van der Waals surface area contributed by atoms with Gasteiger partial charge < -0.3 is 19.5 Å². The molecule has 1 amide bonds. The maximum absolute atomic E-state index is 13.2. The van der Waals surface area contributed by atoms with Crippen LogP contribution in [0.4, 0.5) is 5.69 Å². The summed E-state index contributed by atoms with van der Waals surface area (Å²) < 4.78 is 16.5. The first-order valence-electron chi connectivity index (χ1n) is 12.5. The van der Waals surface area contributed by atoms with Gasteiger partial charge in [-0.1, -0.05) is 60.1 Å². The molecule has 5 rings (SSSR count). The average Bonchev–Trinajstić information content (AvgIpc) is 2.99. The van der Waals surface area contributed by atoms with Gasteiger partial charge >= 0.3 is 5.97 Å². The van der Waals surface area contributed by atoms with Crippen LogP contribution in [0.3, 0.4) is 0 Å². The SMILES string of the molecule is COc1ccc(Cl)cc1NC(=O)COC(=O)c1cc(-c2ccc(OCc3ccccc3)cc2)nc2ccccc12. The lowest BCUT2D eigenvalue weighted by Crippen LogP contribution is -2.21. The molecular weight excluding hydrogens is 528 g/mol. The van der Waals surface area contributed by atoms with Gasteiger partial charge in [0.2, 0.25) is 0 Å². The Labute approximate surface area is 236 Å². The highest BCUT2D eigenvalue weighted by Gasteiger charge is 2.17. The fourth-order valence-corrected chi connectivity index (χ4v) is 4.30. The molecule has 0 aliphatic carbocycles. The Kier molecular flexibility index (Phi) is 8.23. The molecule has 0 atom stereocenters. The molecule has 4 aromatic carbocycles. The number of fused-ring (bicyclic) bond motifs is 1. The number of halogens is 1. The van der Waals surface area contributed by atoms with Gasteiger partial charge in [-0.3, -0.25) is 4.79 Å². The fraction of sp³-hybridized carbons (Fsp3) is 0.0938. The van der Waals surface area contributed by atoms with Crippen LogP contribution in [0.5, 0.6) is 11.5 Å². The quantitative estimate of drug-likeness (QED) is 0.199. The maximum Gasteiger partial charge on any atom is 0.339 e. The van der Waals surface area contributed by atoms with Crippen molar-refractivity contribution in [1.29, 1.82) is 0 Å². The zero-order chi connectivity index (χ0) is 27.9. The highest BCUT2D eigenvalue weighted by atomic mass is 35.5. The zero-order valence-electron chi connectivity index (χ0n) is 21.6. The van der Waals surface area contributed by atoms with Gasteiger partial charge in [0.1, 0.15) is 18.1 Å². The summed E-state index contributed by atoms with van der Waals surface area (Å²) in [5.41, 5.74) is 3.78. The Balaban J connectivity index is 1.31. The number of aromatic nitrogens is 1. The van der Waals surface area contributed by atoms with E-state index < -0.39 is 18.5 Å². The van der Waals surface area contributed by atoms with E-state index in [1.54, 1.807) is 30.3 Å². The molecule has 8 heteroatoms. The first-order valence-corrected chi connectivity index (χ1v) is 12.9. The third-order valence-electron chi connectivity index (χ3n) is 6.10. The van der Waals surface area contributed by atoms with Crippen molar-refractivity contribution in [3.05, 3.63) is 119 Å². The van der Waals surface area contributed by atoms with Gasteiger partial charge in [-0.25, -0.2) is 9.78 Å². The lowest BCUT2D eigenvalue weighted by atomic mass is 10.0. The summed E-state index contributed by atoms with van der Waals surface area (Å²) in [5.74, 6) is -0.0184. The van der Waals surface area contributed by atoms with E-state index in [9.17, 15) is 9.59 Å². The van der Waals surface area contributed by atoms with Crippen molar-refractivity contribution in [3.8, 4) is 22.8 Å². The van der Waals surface area contributed by atoms with E-state index >= 15 is 0 Å². The molecule has 40 heavy (non-hydrogen) atoms. The van der Waals surface area contributed by atoms with Crippen LogP contribution in [0.1, 0.15) is 15.9 Å². The predicted molar refractivity (Wildman–Crippen MR) is 155 cm³/mol. The molecule has 200 valence electrons. The Morgan fingerprint density at radius 3 is 2.40 bits per heavy atom. The maximum atomic E-state index is 13.2. The summed E-state index contributed by atoms with van der Waals surface area (Å²) in [6, 6.07) is 31.2. The Bertz CT molecular complexity index is 1660. The largest absolute Gasteiger partial charge is 0.495 e. The summed E-state index contributed by atoms with van der Waals surface area (Å²) in [6.45, 7) is -0.0317. The number of carbonyl (C=O) groups excluding carboxylic acids is 2. The first kappa shape index (κ1) is 26.7. The number of benzene rings is 4. The van der Waals surface area contributed by atoms with Crippen molar-refractivity contribution in [2.75, 3.05) is 19.0 Å². The van der Waals surface area contributed by atoms with Gasteiger partial charge in [-0.15, -0.1) is 0 Å². The number of ether oxygens (including phenoxy) is 3. The van der Waals surface area contributed by atoms with E-state index in [1.807, 2.05) is 72.8 Å². The third-order valence-corrected chi connectivity index (χ3v) is 6.34. The van der Waals surface area contributed by atoms with E-state index in [0.717, 1.165) is 16.9 Å². The minimum Gasteiger partial charge on any atom is -0.495 e. The van der Waals surface area contributed by atoms with E-state index in [-0.39, 0.29) is 0 Å². The van der Waals surface area contributed by atoms with Gasteiger partial charge in [0, 0.05) is 16.0 Å². The van der Waals surface area contributed by atoms with E-state index in [1.165, 1.54) is 7.11 Å². The number of amides is 1. The molecule has 0 saturated carbocycles. The molecule has 1 heterocycles. The van der Waals surface area contributed by atoms with Gasteiger partial charge in [0.05, 0.1) is 29.6 Å². The minimum atomic E-state index is -0.643. The molecule has 0 saturated heterocycles. The number of anilines is 1. The number of pyridine rings is 1. The molecule has 7 nitrogen and oxygen atoms in total. The Morgan fingerprint density at radius 1 is 0.875 bits per heavy atom. The number of para-hydroxylation sites is 1. The van der Waals surface area contributed by atoms with Gasteiger partial charge in [-0.05, 0) is 60.2 Å². The lowest BCUT2D eigenvalue weighted by molar-refractivity contribution is -0.119. The molecule has 0 unspecified atom stereocenters. The molecule has 0 aliphatic heterocycles. The topological polar surface area (TPSA) is 86.8 Å². The Morgan fingerprint density at radius 2 is 1.62 bits per heavy atom. The average molecular weight is 553 g/mol. The molecule has 0 radical (unpaired) electrons. The second-order valence-corrected chi connectivity index (χ2v) is 9.28. The molecule has 0 aliphatic rings. The molecule has 0 spiro atoms. The molecule has 1 N–H and O–H groups in total. The van der Waals surface area contributed by atoms with Crippen LogP contribution in [-0.4, -0.2) is 30.6 Å². The first-order chi connectivity index (χ1) is 19.5. The third kappa shape index (κ3) is 6.39. The van der Waals surface area contributed by atoms with E-state index in [4.69, 9.17) is 30.8 Å². The summed E-state index contributed by atoms with van der Waals surface area (Å²) in [4.78, 5) is 30.4. The summed E-state index contributed by atoms with van der Waals surface area (Å²) in [6.07, 6.45) is 0. The van der Waals surface area contributed by atoms with Crippen molar-refractivity contribution < 1.29 is 23.8 Å². The number of nitrogens with zero attached hydrogens (tertiary/aromatic N) is 1.